The molecule has 0 aromatic rings. The molecule has 0 spiro atoms. The highest BCUT2D eigenvalue weighted by molar-refractivity contribution is 5.79. The van der Waals surface area contributed by atoms with E-state index in [1.807, 2.05) is 0 Å². The number of rotatable bonds is 2. The van der Waals surface area contributed by atoms with Gasteiger partial charge in [0.25, 0.3) is 0 Å². The Morgan fingerprint density at radius 3 is 2.36 bits per heavy atom. The number of azide groups is 1. The quantitative estimate of drug-likeness (QED) is 0.328. The first kappa shape index (κ1) is 15.5. The maximum absolute atomic E-state index is 11.9. The lowest BCUT2D eigenvalue weighted by molar-refractivity contribution is -0.337. The van der Waals surface area contributed by atoms with Crippen molar-refractivity contribution in [2.75, 3.05) is 6.61 Å². The van der Waals surface area contributed by atoms with Gasteiger partial charge in [-0.1, -0.05) is 5.11 Å². The van der Waals surface area contributed by atoms with E-state index in [4.69, 9.17) is 29.2 Å². The maximum atomic E-state index is 11.9. The highest BCUT2D eigenvalue weighted by atomic mass is 16.8. The monoisotopic (exact) mass is 313 g/mol. The maximum Gasteiger partial charge on any atom is 0.318 e. The van der Waals surface area contributed by atoms with Crippen LogP contribution in [0, 0.1) is 0 Å². The van der Waals surface area contributed by atoms with Crippen molar-refractivity contribution in [1.82, 2.24) is 0 Å². The fourth-order valence-corrected chi connectivity index (χ4v) is 3.05. The molecule has 0 unspecified atom stereocenters. The summed E-state index contributed by atoms with van der Waals surface area (Å²) in [6, 6.07) is -1.02. The molecule has 0 aliphatic carbocycles. The molecule has 3 rings (SSSR count). The predicted octanol–water partition coefficient (Wildman–Crippen LogP) is 1.26. The van der Waals surface area contributed by atoms with E-state index in [9.17, 15) is 4.79 Å². The zero-order chi connectivity index (χ0) is 16.1. The Kier molecular flexibility index (Phi) is 3.58. The molecule has 3 saturated heterocycles. The van der Waals surface area contributed by atoms with Gasteiger partial charge in [-0.3, -0.25) is 4.79 Å². The normalized spacial score (nSPS) is 42.4. The molecule has 3 aliphatic heterocycles. The minimum atomic E-state index is -1.02. The van der Waals surface area contributed by atoms with Crippen LogP contribution in [-0.2, 0) is 28.5 Å². The van der Waals surface area contributed by atoms with E-state index >= 15 is 0 Å². The molecule has 0 radical (unpaired) electrons. The zero-order valence-corrected chi connectivity index (χ0v) is 12.9. The number of hydrogen-bond acceptors (Lipinski definition) is 7. The fraction of sp³-hybridized carbons (Fsp3) is 0.923. The third-order valence-corrected chi connectivity index (χ3v) is 3.87. The number of esters is 1. The Morgan fingerprint density at radius 2 is 1.77 bits per heavy atom. The van der Waals surface area contributed by atoms with E-state index in [2.05, 4.69) is 10.0 Å². The van der Waals surface area contributed by atoms with E-state index in [0.717, 1.165) is 0 Å². The lowest BCUT2D eigenvalue weighted by Crippen LogP contribution is -2.59. The van der Waals surface area contributed by atoms with Crippen LogP contribution in [0.5, 0.6) is 0 Å². The SMILES string of the molecule is CC1(C)O[C@@H]2[C@@H](OC(=O)[C@H]2N=[N+]=[N-])[C@@H]([C@H]2COC(C)(C)O2)O1. The minimum absolute atomic E-state index is 0.320. The van der Waals surface area contributed by atoms with Gasteiger partial charge in [0.15, 0.2) is 23.7 Å². The molecule has 3 heterocycles. The highest BCUT2D eigenvalue weighted by Crippen LogP contribution is 2.40. The van der Waals surface area contributed by atoms with Crippen LogP contribution in [0.15, 0.2) is 5.11 Å². The van der Waals surface area contributed by atoms with Crippen molar-refractivity contribution in [2.45, 2.75) is 69.7 Å². The molecular formula is C13H19N3O6. The molecule has 0 aromatic carbocycles. The number of ether oxygens (including phenoxy) is 5. The van der Waals surface area contributed by atoms with Crippen molar-refractivity contribution in [3.63, 3.8) is 0 Å². The molecule has 0 amide bonds. The van der Waals surface area contributed by atoms with E-state index in [0.29, 0.717) is 6.61 Å². The van der Waals surface area contributed by atoms with Gasteiger partial charge in [0, 0.05) is 4.91 Å². The van der Waals surface area contributed by atoms with Gasteiger partial charge in [0.1, 0.15) is 18.3 Å². The lowest BCUT2D eigenvalue weighted by atomic mass is 9.98. The van der Waals surface area contributed by atoms with E-state index in [1.54, 1.807) is 27.7 Å². The number of hydrogen-bond donors (Lipinski definition) is 0. The second-order valence-electron chi connectivity index (χ2n) is 6.48. The van der Waals surface area contributed by atoms with Crippen molar-refractivity contribution < 1.29 is 28.5 Å². The summed E-state index contributed by atoms with van der Waals surface area (Å²) >= 11 is 0. The molecule has 9 heteroatoms. The van der Waals surface area contributed by atoms with Gasteiger partial charge in [0.05, 0.1) is 6.61 Å². The van der Waals surface area contributed by atoms with Crippen LogP contribution < -0.4 is 0 Å². The molecule has 122 valence electrons. The fourth-order valence-electron chi connectivity index (χ4n) is 3.05. The summed E-state index contributed by atoms with van der Waals surface area (Å²) in [5, 5.41) is 3.50. The van der Waals surface area contributed by atoms with E-state index < -0.39 is 48.0 Å². The molecule has 0 bridgehead atoms. The summed E-state index contributed by atoms with van der Waals surface area (Å²) in [5.74, 6) is -2.30. The molecule has 0 aromatic heterocycles. The van der Waals surface area contributed by atoms with Crippen molar-refractivity contribution in [3.05, 3.63) is 10.4 Å². The van der Waals surface area contributed by atoms with Crippen molar-refractivity contribution in [2.24, 2.45) is 5.11 Å². The van der Waals surface area contributed by atoms with Gasteiger partial charge in [-0.05, 0) is 33.2 Å². The Balaban J connectivity index is 1.87. The standard InChI is InChI=1S/C13H19N3O6/c1-12(2)18-5-6(20-12)8-10-9(22-13(3,4)21-8)7(15-16-14)11(17)19-10/h6-10H,5H2,1-4H3/t6-,7+,8-,9+,10+/m1/s1. The van der Waals surface area contributed by atoms with Crippen LogP contribution in [-0.4, -0.2) is 54.6 Å². The first-order valence-electron chi connectivity index (χ1n) is 7.14. The summed E-state index contributed by atoms with van der Waals surface area (Å²) < 4.78 is 28.4. The van der Waals surface area contributed by atoms with Crippen LogP contribution in [0.25, 0.3) is 10.4 Å². The molecular weight excluding hydrogens is 294 g/mol. The molecule has 0 N–H and O–H groups in total. The zero-order valence-electron chi connectivity index (χ0n) is 12.9. The topological polar surface area (TPSA) is 112 Å². The van der Waals surface area contributed by atoms with Gasteiger partial charge in [-0.25, -0.2) is 0 Å². The number of carbonyl (C=O) groups is 1. The van der Waals surface area contributed by atoms with E-state index in [-0.39, 0.29) is 0 Å². The minimum Gasteiger partial charge on any atom is -0.456 e. The average Bonchev–Trinajstić information content (AvgIpc) is 2.90. The van der Waals surface area contributed by atoms with Crippen LogP contribution >= 0.6 is 0 Å². The Morgan fingerprint density at radius 1 is 1.09 bits per heavy atom. The highest BCUT2D eigenvalue weighted by Gasteiger charge is 2.58. The molecule has 22 heavy (non-hydrogen) atoms. The van der Waals surface area contributed by atoms with Gasteiger partial charge >= 0.3 is 5.97 Å². The smallest absolute Gasteiger partial charge is 0.318 e. The average molecular weight is 313 g/mol. The first-order chi connectivity index (χ1) is 10.2. The van der Waals surface area contributed by atoms with Gasteiger partial charge in [0.2, 0.25) is 0 Å². The Bertz CT molecular complexity index is 530. The number of fused-ring (bicyclic) bond motifs is 1. The molecule has 3 fully saturated rings. The summed E-state index contributed by atoms with van der Waals surface area (Å²) in [6.07, 6.45) is -2.36. The van der Waals surface area contributed by atoms with Crippen LogP contribution in [0.2, 0.25) is 0 Å². The third-order valence-electron chi connectivity index (χ3n) is 3.87. The van der Waals surface area contributed by atoms with Crippen LogP contribution in [0.3, 0.4) is 0 Å². The summed E-state index contributed by atoms with van der Waals surface area (Å²) in [5.41, 5.74) is 8.63. The first-order valence-corrected chi connectivity index (χ1v) is 7.14. The van der Waals surface area contributed by atoms with E-state index in [1.165, 1.54) is 0 Å². The van der Waals surface area contributed by atoms with Gasteiger partial charge in [-0.15, -0.1) is 0 Å². The molecule has 9 nitrogen and oxygen atoms in total. The Labute approximate surface area is 127 Å². The van der Waals surface area contributed by atoms with Crippen LogP contribution in [0.4, 0.5) is 0 Å². The third kappa shape index (κ3) is 2.66. The van der Waals surface area contributed by atoms with Crippen LogP contribution in [0.1, 0.15) is 27.7 Å². The van der Waals surface area contributed by atoms with Gasteiger partial charge < -0.3 is 23.7 Å². The summed E-state index contributed by atoms with van der Waals surface area (Å²) in [6.45, 7) is 7.39. The molecule has 0 saturated carbocycles. The van der Waals surface area contributed by atoms with Crippen molar-refractivity contribution in [3.8, 4) is 0 Å². The summed E-state index contributed by atoms with van der Waals surface area (Å²) in [7, 11) is 0. The van der Waals surface area contributed by atoms with Crippen molar-refractivity contribution >= 4 is 5.97 Å². The number of nitrogens with zero attached hydrogens (tertiary/aromatic N) is 3. The Hall–Kier alpha value is -1.38. The molecule has 3 aliphatic rings. The largest absolute Gasteiger partial charge is 0.456 e. The lowest BCUT2D eigenvalue weighted by Gasteiger charge is -2.44. The second-order valence-corrected chi connectivity index (χ2v) is 6.48. The second kappa shape index (κ2) is 5.07. The number of carbonyl (C=O) groups excluding carboxylic acids is 1. The van der Waals surface area contributed by atoms with Gasteiger partial charge in [-0.2, -0.15) is 0 Å². The summed E-state index contributed by atoms with van der Waals surface area (Å²) in [4.78, 5) is 14.6. The molecule has 5 atom stereocenters. The predicted molar refractivity (Wildman–Crippen MR) is 71.5 cm³/mol. The van der Waals surface area contributed by atoms with Crippen molar-refractivity contribution in [1.29, 1.82) is 0 Å².